The Morgan fingerprint density at radius 3 is 2.38 bits per heavy atom. The summed E-state index contributed by atoms with van der Waals surface area (Å²) in [5, 5.41) is 5.92. The van der Waals surface area contributed by atoms with E-state index < -0.39 is 9.84 Å². The number of carbonyl (C=O) groups is 1. The van der Waals surface area contributed by atoms with Gasteiger partial charge in [0.15, 0.2) is 0 Å². The van der Waals surface area contributed by atoms with E-state index >= 15 is 0 Å². The Hall–Kier alpha value is -0.780. The van der Waals surface area contributed by atoms with Gasteiger partial charge in [0, 0.05) is 18.3 Å². The maximum Gasteiger partial charge on any atom is 0.315 e. The third kappa shape index (κ3) is 7.16. The molecule has 1 aliphatic rings. The summed E-state index contributed by atoms with van der Waals surface area (Å²) in [5.74, 6) is 1.21. The monoisotopic (exact) mass is 318 g/mol. The average Bonchev–Trinajstić information content (AvgIpc) is 2.35. The van der Waals surface area contributed by atoms with Gasteiger partial charge in [-0.2, -0.15) is 0 Å². The number of amides is 2. The summed E-state index contributed by atoms with van der Waals surface area (Å²) < 4.78 is 22.3. The topological polar surface area (TPSA) is 75.3 Å². The van der Waals surface area contributed by atoms with Crippen LogP contribution in [0, 0.1) is 11.8 Å². The molecule has 1 aliphatic carbocycles. The van der Waals surface area contributed by atoms with E-state index in [1.54, 1.807) is 0 Å². The highest BCUT2D eigenvalue weighted by Gasteiger charge is 2.28. The molecule has 1 saturated carbocycles. The quantitative estimate of drug-likeness (QED) is 0.789. The highest BCUT2D eigenvalue weighted by Crippen LogP contribution is 2.30. The van der Waals surface area contributed by atoms with Gasteiger partial charge >= 0.3 is 6.03 Å². The van der Waals surface area contributed by atoms with Crippen LogP contribution in [0.1, 0.15) is 52.9 Å². The smallest absolute Gasteiger partial charge is 0.315 e. The minimum absolute atomic E-state index is 0.104. The second-order valence-electron chi connectivity index (χ2n) is 6.74. The van der Waals surface area contributed by atoms with Crippen LogP contribution in [0.25, 0.3) is 0 Å². The van der Waals surface area contributed by atoms with E-state index in [-0.39, 0.29) is 23.9 Å². The van der Waals surface area contributed by atoms with Crippen LogP contribution in [0.15, 0.2) is 0 Å². The van der Waals surface area contributed by atoms with Gasteiger partial charge < -0.3 is 10.6 Å². The van der Waals surface area contributed by atoms with Crippen LogP contribution in [-0.2, 0) is 9.84 Å². The predicted molar refractivity (Wildman–Crippen MR) is 86.0 cm³/mol. The fourth-order valence-electron chi connectivity index (χ4n) is 3.03. The molecule has 1 rings (SSSR count). The number of rotatable bonds is 6. The van der Waals surface area contributed by atoms with Crippen LogP contribution in [0.2, 0.25) is 0 Å². The first-order valence-electron chi connectivity index (χ1n) is 7.94. The van der Waals surface area contributed by atoms with Crippen molar-refractivity contribution in [2.75, 3.05) is 12.0 Å². The first kappa shape index (κ1) is 18.3. The molecule has 3 atom stereocenters. The normalized spacial score (nSPS) is 24.6. The summed E-state index contributed by atoms with van der Waals surface area (Å²) in [6.45, 7) is 6.25. The summed E-state index contributed by atoms with van der Waals surface area (Å²) in [6.07, 6.45) is 6.28. The Balaban J connectivity index is 2.41. The highest BCUT2D eigenvalue weighted by atomic mass is 32.2. The van der Waals surface area contributed by atoms with Crippen molar-refractivity contribution < 1.29 is 13.2 Å². The van der Waals surface area contributed by atoms with Gasteiger partial charge in [0.25, 0.3) is 0 Å². The lowest BCUT2D eigenvalue weighted by atomic mass is 9.78. The SMILES string of the molecule is CC(C)[C@@H]1CCCC[C@H]1NC(=O)N[C@H](C)CCS(C)(=O)=O. The fraction of sp³-hybridized carbons (Fsp3) is 0.933. The summed E-state index contributed by atoms with van der Waals surface area (Å²) in [5.41, 5.74) is 0. The summed E-state index contributed by atoms with van der Waals surface area (Å²) in [6, 6.07) is -0.0739. The molecule has 1 fully saturated rings. The minimum atomic E-state index is -2.97. The van der Waals surface area contributed by atoms with Gasteiger partial charge in [0.2, 0.25) is 0 Å². The van der Waals surface area contributed by atoms with Crippen LogP contribution in [0.3, 0.4) is 0 Å². The first-order valence-corrected chi connectivity index (χ1v) is 10.00. The third-order valence-corrected chi connectivity index (χ3v) is 5.27. The third-order valence-electron chi connectivity index (χ3n) is 4.29. The Kier molecular flexibility index (Phi) is 6.97. The number of nitrogens with one attached hydrogen (secondary N) is 2. The number of hydrogen-bond acceptors (Lipinski definition) is 3. The van der Waals surface area contributed by atoms with E-state index in [0.29, 0.717) is 18.3 Å². The highest BCUT2D eigenvalue weighted by molar-refractivity contribution is 7.90. The van der Waals surface area contributed by atoms with Crippen LogP contribution >= 0.6 is 0 Å². The number of urea groups is 1. The maximum absolute atomic E-state index is 12.0. The minimum Gasteiger partial charge on any atom is -0.336 e. The van der Waals surface area contributed by atoms with Gasteiger partial charge in [0.1, 0.15) is 9.84 Å². The molecule has 0 bridgehead atoms. The zero-order valence-electron chi connectivity index (χ0n) is 13.7. The van der Waals surface area contributed by atoms with Gasteiger partial charge in [-0.1, -0.05) is 26.7 Å². The van der Waals surface area contributed by atoms with Crippen molar-refractivity contribution in [1.82, 2.24) is 10.6 Å². The van der Waals surface area contributed by atoms with Crippen molar-refractivity contribution in [2.24, 2.45) is 11.8 Å². The van der Waals surface area contributed by atoms with Gasteiger partial charge in [-0.15, -0.1) is 0 Å². The van der Waals surface area contributed by atoms with Crippen molar-refractivity contribution in [3.8, 4) is 0 Å². The molecule has 0 saturated heterocycles. The Morgan fingerprint density at radius 2 is 1.81 bits per heavy atom. The molecule has 0 unspecified atom stereocenters. The summed E-state index contributed by atoms with van der Waals surface area (Å²) >= 11 is 0. The molecule has 2 N–H and O–H groups in total. The summed E-state index contributed by atoms with van der Waals surface area (Å²) in [7, 11) is -2.97. The standard InChI is InChI=1S/C15H30N2O3S/c1-11(2)13-7-5-6-8-14(13)17-15(18)16-12(3)9-10-21(4,19)20/h11-14H,5-10H2,1-4H3,(H2,16,17,18)/t12-,13+,14-/m1/s1. The van der Waals surface area contributed by atoms with E-state index in [4.69, 9.17) is 0 Å². The molecular formula is C15H30N2O3S. The Bertz CT molecular complexity index is 434. The maximum atomic E-state index is 12.0. The van der Waals surface area contributed by atoms with Crippen molar-refractivity contribution in [3.05, 3.63) is 0 Å². The van der Waals surface area contributed by atoms with Gasteiger partial charge in [-0.25, -0.2) is 13.2 Å². The Labute approximate surface area is 129 Å². The second-order valence-corrected chi connectivity index (χ2v) is 9.00. The van der Waals surface area contributed by atoms with Crippen molar-refractivity contribution >= 4 is 15.9 Å². The van der Waals surface area contributed by atoms with E-state index in [1.807, 2.05) is 6.92 Å². The molecule has 6 heteroatoms. The zero-order chi connectivity index (χ0) is 16.0. The Morgan fingerprint density at radius 1 is 1.19 bits per heavy atom. The van der Waals surface area contributed by atoms with E-state index in [0.717, 1.165) is 12.8 Å². The fourth-order valence-corrected chi connectivity index (χ4v) is 3.82. The lowest BCUT2D eigenvalue weighted by Gasteiger charge is -2.35. The predicted octanol–water partition coefficient (Wildman–Crippen LogP) is 2.32. The van der Waals surface area contributed by atoms with Crippen molar-refractivity contribution in [3.63, 3.8) is 0 Å². The molecule has 0 aromatic carbocycles. The number of hydrogen-bond donors (Lipinski definition) is 2. The molecule has 0 heterocycles. The molecule has 0 spiro atoms. The summed E-state index contributed by atoms with van der Waals surface area (Å²) in [4.78, 5) is 12.0. The molecule has 0 radical (unpaired) electrons. The lowest BCUT2D eigenvalue weighted by Crippen LogP contribution is -2.50. The number of carbonyl (C=O) groups excluding carboxylic acids is 1. The molecule has 2 amide bonds. The van der Waals surface area contributed by atoms with Crippen molar-refractivity contribution in [2.45, 2.75) is 65.0 Å². The van der Waals surface area contributed by atoms with Crippen molar-refractivity contribution in [1.29, 1.82) is 0 Å². The van der Waals surface area contributed by atoms with Crippen LogP contribution in [-0.4, -0.2) is 38.5 Å². The van der Waals surface area contributed by atoms with Crippen LogP contribution in [0.5, 0.6) is 0 Å². The lowest BCUT2D eigenvalue weighted by molar-refractivity contribution is 0.192. The van der Waals surface area contributed by atoms with E-state index in [2.05, 4.69) is 24.5 Å². The molecule has 124 valence electrons. The van der Waals surface area contributed by atoms with Gasteiger partial charge in [0.05, 0.1) is 5.75 Å². The molecule has 21 heavy (non-hydrogen) atoms. The molecule has 0 aromatic heterocycles. The molecular weight excluding hydrogens is 288 g/mol. The van der Waals surface area contributed by atoms with E-state index in [1.165, 1.54) is 19.1 Å². The number of sulfone groups is 1. The molecule has 0 aromatic rings. The van der Waals surface area contributed by atoms with Gasteiger partial charge in [-0.3, -0.25) is 0 Å². The second kappa shape index (κ2) is 8.01. The average molecular weight is 318 g/mol. The zero-order valence-corrected chi connectivity index (χ0v) is 14.5. The largest absolute Gasteiger partial charge is 0.336 e. The van der Waals surface area contributed by atoms with E-state index in [9.17, 15) is 13.2 Å². The van der Waals surface area contributed by atoms with Crippen LogP contribution < -0.4 is 10.6 Å². The molecule has 0 aliphatic heterocycles. The molecule has 5 nitrogen and oxygen atoms in total. The van der Waals surface area contributed by atoms with Crippen LogP contribution in [0.4, 0.5) is 4.79 Å². The first-order chi connectivity index (χ1) is 9.69. The van der Waals surface area contributed by atoms with Gasteiger partial charge in [-0.05, 0) is 38.0 Å².